The van der Waals surface area contributed by atoms with E-state index in [1.54, 1.807) is 24.0 Å². The molecule has 0 fully saturated rings. The van der Waals surface area contributed by atoms with E-state index in [4.69, 9.17) is 0 Å². The van der Waals surface area contributed by atoms with Crippen molar-refractivity contribution in [3.05, 3.63) is 35.4 Å². The molecule has 0 aromatic carbocycles. The van der Waals surface area contributed by atoms with Crippen LogP contribution in [0.1, 0.15) is 41.8 Å². The van der Waals surface area contributed by atoms with E-state index in [0.29, 0.717) is 5.69 Å². The normalized spacial score (nSPS) is 12.4. The van der Waals surface area contributed by atoms with Crippen molar-refractivity contribution in [1.29, 1.82) is 0 Å². The van der Waals surface area contributed by atoms with E-state index < -0.39 is 0 Å². The number of nitrogens with zero attached hydrogens (tertiary/aromatic N) is 4. The highest BCUT2D eigenvalue weighted by molar-refractivity contribution is 5.92. The number of aromatic nitrogens is 4. The molecule has 0 spiro atoms. The molecule has 2 aromatic heterocycles. The monoisotopic (exact) mass is 261 g/mol. The van der Waals surface area contributed by atoms with Crippen LogP contribution < -0.4 is 5.32 Å². The van der Waals surface area contributed by atoms with E-state index in [-0.39, 0.29) is 11.9 Å². The second-order valence-corrected chi connectivity index (χ2v) is 4.56. The van der Waals surface area contributed by atoms with Crippen LogP contribution in [0.3, 0.4) is 0 Å². The summed E-state index contributed by atoms with van der Waals surface area (Å²) in [6, 6.07) is 3.60. The van der Waals surface area contributed by atoms with Crippen molar-refractivity contribution in [3.8, 4) is 0 Å². The summed E-state index contributed by atoms with van der Waals surface area (Å²) in [4.78, 5) is 12.2. The smallest absolute Gasteiger partial charge is 0.270 e. The Morgan fingerprint density at radius 3 is 2.84 bits per heavy atom. The lowest BCUT2D eigenvalue weighted by Gasteiger charge is -2.15. The minimum atomic E-state index is -0.126. The summed E-state index contributed by atoms with van der Waals surface area (Å²) >= 11 is 0. The van der Waals surface area contributed by atoms with Crippen LogP contribution in [0.15, 0.2) is 18.3 Å². The third-order valence-electron chi connectivity index (χ3n) is 3.07. The highest BCUT2D eigenvalue weighted by atomic mass is 16.2. The Morgan fingerprint density at radius 2 is 2.26 bits per heavy atom. The third-order valence-corrected chi connectivity index (χ3v) is 3.07. The Kier molecular flexibility index (Phi) is 3.69. The van der Waals surface area contributed by atoms with Crippen LogP contribution in [-0.2, 0) is 13.6 Å². The zero-order valence-corrected chi connectivity index (χ0v) is 11.7. The summed E-state index contributed by atoms with van der Waals surface area (Å²) in [5.74, 6) is -0.126. The molecule has 2 heterocycles. The average molecular weight is 261 g/mol. The highest BCUT2D eigenvalue weighted by Crippen LogP contribution is 2.13. The molecule has 102 valence electrons. The summed E-state index contributed by atoms with van der Waals surface area (Å²) in [5, 5.41) is 11.3. The minimum Gasteiger partial charge on any atom is -0.343 e. The van der Waals surface area contributed by atoms with Gasteiger partial charge in [-0.05, 0) is 32.9 Å². The highest BCUT2D eigenvalue weighted by Gasteiger charge is 2.17. The second-order valence-electron chi connectivity index (χ2n) is 4.56. The molecule has 6 heteroatoms. The van der Waals surface area contributed by atoms with Gasteiger partial charge >= 0.3 is 0 Å². The summed E-state index contributed by atoms with van der Waals surface area (Å²) < 4.78 is 3.47. The Balaban J connectivity index is 2.13. The Hall–Kier alpha value is -2.11. The minimum absolute atomic E-state index is 0.0924. The van der Waals surface area contributed by atoms with Crippen LogP contribution in [0.25, 0.3) is 0 Å². The van der Waals surface area contributed by atoms with E-state index >= 15 is 0 Å². The summed E-state index contributed by atoms with van der Waals surface area (Å²) in [6.07, 6.45) is 1.75. The topological polar surface area (TPSA) is 64.7 Å². The van der Waals surface area contributed by atoms with Crippen molar-refractivity contribution in [2.24, 2.45) is 7.05 Å². The first-order chi connectivity index (χ1) is 9.02. The average Bonchev–Trinajstić information content (AvgIpc) is 2.95. The molecule has 0 aliphatic carbocycles. The lowest BCUT2D eigenvalue weighted by atomic mass is 10.2. The number of hydrogen-bond donors (Lipinski definition) is 1. The number of aryl methyl sites for hydroxylation is 3. The molecular weight excluding hydrogens is 242 g/mol. The van der Waals surface area contributed by atoms with E-state index in [1.165, 1.54) is 0 Å². The number of carbonyl (C=O) groups is 1. The second kappa shape index (κ2) is 5.26. The Morgan fingerprint density at radius 1 is 1.53 bits per heavy atom. The van der Waals surface area contributed by atoms with E-state index in [0.717, 1.165) is 17.9 Å². The quantitative estimate of drug-likeness (QED) is 0.905. The van der Waals surface area contributed by atoms with Crippen molar-refractivity contribution < 1.29 is 4.79 Å². The molecule has 0 bridgehead atoms. The Bertz CT molecular complexity index is 584. The lowest BCUT2D eigenvalue weighted by Crippen LogP contribution is -2.29. The molecule has 6 nitrogen and oxygen atoms in total. The molecule has 1 atom stereocenters. The van der Waals surface area contributed by atoms with Crippen molar-refractivity contribution in [2.75, 3.05) is 0 Å². The fourth-order valence-corrected chi connectivity index (χ4v) is 2.14. The van der Waals surface area contributed by atoms with Crippen LogP contribution in [0.5, 0.6) is 0 Å². The molecule has 0 saturated carbocycles. The van der Waals surface area contributed by atoms with Crippen LogP contribution in [0.4, 0.5) is 0 Å². The van der Waals surface area contributed by atoms with Gasteiger partial charge in [-0.15, -0.1) is 0 Å². The third kappa shape index (κ3) is 2.67. The summed E-state index contributed by atoms with van der Waals surface area (Å²) in [6.45, 7) is 6.62. The number of amides is 1. The van der Waals surface area contributed by atoms with Crippen molar-refractivity contribution in [2.45, 2.75) is 33.4 Å². The number of rotatable bonds is 4. The van der Waals surface area contributed by atoms with Crippen LogP contribution in [0, 0.1) is 6.92 Å². The lowest BCUT2D eigenvalue weighted by molar-refractivity contribution is 0.0928. The fraction of sp³-hybridized carbons (Fsp3) is 0.462. The van der Waals surface area contributed by atoms with Gasteiger partial charge in [0, 0.05) is 19.8 Å². The maximum absolute atomic E-state index is 12.2. The van der Waals surface area contributed by atoms with Gasteiger partial charge in [-0.25, -0.2) is 0 Å². The van der Waals surface area contributed by atoms with Crippen molar-refractivity contribution in [3.63, 3.8) is 0 Å². The predicted molar refractivity (Wildman–Crippen MR) is 71.7 cm³/mol. The first kappa shape index (κ1) is 13.3. The standard InChI is InChI=1S/C13H19N5O/c1-5-18-11(6-7-14-18)10(3)15-13(19)12-8-9(2)16-17(12)4/h6-8,10H,5H2,1-4H3,(H,15,19). The molecule has 0 saturated heterocycles. The van der Waals surface area contributed by atoms with Gasteiger partial charge < -0.3 is 5.32 Å². The molecule has 2 rings (SSSR count). The van der Waals surface area contributed by atoms with Crippen LogP contribution in [-0.4, -0.2) is 25.5 Å². The van der Waals surface area contributed by atoms with Gasteiger partial charge in [-0.2, -0.15) is 10.2 Å². The molecule has 0 aliphatic rings. The number of nitrogens with one attached hydrogen (secondary N) is 1. The summed E-state index contributed by atoms with van der Waals surface area (Å²) in [5.41, 5.74) is 2.39. The van der Waals surface area contributed by atoms with Gasteiger partial charge in [-0.1, -0.05) is 0 Å². The number of hydrogen-bond acceptors (Lipinski definition) is 3. The molecule has 1 amide bonds. The zero-order valence-electron chi connectivity index (χ0n) is 11.7. The SMILES string of the molecule is CCn1nccc1C(C)NC(=O)c1cc(C)nn1C. The largest absolute Gasteiger partial charge is 0.343 e. The maximum atomic E-state index is 12.2. The fourth-order valence-electron chi connectivity index (χ4n) is 2.14. The molecule has 0 radical (unpaired) electrons. The van der Waals surface area contributed by atoms with Gasteiger partial charge in [0.15, 0.2) is 0 Å². The van der Waals surface area contributed by atoms with Crippen molar-refractivity contribution >= 4 is 5.91 Å². The Labute approximate surface area is 112 Å². The van der Waals surface area contributed by atoms with Gasteiger partial charge in [-0.3, -0.25) is 14.2 Å². The molecule has 1 unspecified atom stereocenters. The first-order valence-corrected chi connectivity index (χ1v) is 6.36. The molecule has 1 N–H and O–H groups in total. The van der Waals surface area contributed by atoms with Gasteiger partial charge in [0.25, 0.3) is 5.91 Å². The molecule has 0 aliphatic heterocycles. The van der Waals surface area contributed by atoms with E-state index in [2.05, 4.69) is 15.5 Å². The molecule has 2 aromatic rings. The van der Waals surface area contributed by atoms with Crippen LogP contribution in [0.2, 0.25) is 0 Å². The summed E-state index contributed by atoms with van der Waals surface area (Å²) in [7, 11) is 1.77. The van der Waals surface area contributed by atoms with Gasteiger partial charge in [0.05, 0.1) is 17.4 Å². The first-order valence-electron chi connectivity index (χ1n) is 6.36. The van der Waals surface area contributed by atoms with Crippen LogP contribution >= 0.6 is 0 Å². The van der Waals surface area contributed by atoms with E-state index in [1.807, 2.05) is 31.5 Å². The molecule has 19 heavy (non-hydrogen) atoms. The molecular formula is C13H19N5O. The zero-order chi connectivity index (χ0) is 14.0. The van der Waals surface area contributed by atoms with Gasteiger partial charge in [0.2, 0.25) is 0 Å². The van der Waals surface area contributed by atoms with Gasteiger partial charge in [0.1, 0.15) is 5.69 Å². The van der Waals surface area contributed by atoms with E-state index in [9.17, 15) is 4.79 Å². The predicted octanol–water partition coefficient (Wildman–Crippen LogP) is 1.44. The number of carbonyl (C=O) groups excluding carboxylic acids is 1. The maximum Gasteiger partial charge on any atom is 0.270 e. The van der Waals surface area contributed by atoms with Crippen molar-refractivity contribution in [1.82, 2.24) is 24.9 Å².